The molecule has 0 radical (unpaired) electrons. The molecule has 2 atom stereocenters. The minimum Gasteiger partial charge on any atom is -0.299 e. The van der Waals surface area contributed by atoms with Crippen LogP contribution >= 0.6 is 0 Å². The first-order valence-electron chi connectivity index (χ1n) is 8.61. The highest BCUT2D eigenvalue weighted by atomic mass is 15.1. The van der Waals surface area contributed by atoms with Crippen LogP contribution in [0.3, 0.4) is 0 Å². The van der Waals surface area contributed by atoms with Crippen molar-refractivity contribution in [2.24, 2.45) is 11.8 Å². The monoisotopic (exact) mass is 295 g/mol. The van der Waals surface area contributed by atoms with Crippen LogP contribution in [-0.4, -0.2) is 18.0 Å². The highest BCUT2D eigenvalue weighted by molar-refractivity contribution is 5.17. The molecule has 0 spiro atoms. The summed E-state index contributed by atoms with van der Waals surface area (Å²) in [6.07, 6.45) is 1.22. The fourth-order valence-electron chi connectivity index (χ4n) is 3.30. The van der Waals surface area contributed by atoms with Crippen LogP contribution in [0.4, 0.5) is 0 Å². The lowest BCUT2D eigenvalue weighted by atomic mass is 9.91. The Hall–Kier alpha value is -1.60. The van der Waals surface area contributed by atoms with E-state index >= 15 is 0 Å². The molecule has 1 nitrogen and oxygen atoms in total. The van der Waals surface area contributed by atoms with Gasteiger partial charge < -0.3 is 0 Å². The van der Waals surface area contributed by atoms with Crippen molar-refractivity contribution in [3.63, 3.8) is 0 Å². The molecule has 1 saturated heterocycles. The van der Waals surface area contributed by atoms with Gasteiger partial charge in [0.15, 0.2) is 0 Å². The highest BCUT2D eigenvalue weighted by Gasteiger charge is 2.29. The maximum absolute atomic E-state index is 2.60. The summed E-state index contributed by atoms with van der Waals surface area (Å²) in [5.74, 6) is 1.58. The molecule has 0 saturated carbocycles. The SMILES string of the molecule is CC.CC1CN(Cc2ccccc2)CC1Cc1ccccc1. The number of likely N-dealkylation sites (tertiary alicyclic amines) is 1. The van der Waals surface area contributed by atoms with Crippen molar-refractivity contribution in [3.8, 4) is 0 Å². The summed E-state index contributed by atoms with van der Waals surface area (Å²) < 4.78 is 0. The average Bonchev–Trinajstić information content (AvgIpc) is 2.91. The predicted octanol–water partition coefficient (Wildman–Crippen LogP) is 5.02. The van der Waals surface area contributed by atoms with E-state index in [9.17, 15) is 0 Å². The van der Waals surface area contributed by atoms with Crippen molar-refractivity contribution >= 4 is 0 Å². The predicted molar refractivity (Wildman–Crippen MR) is 95.9 cm³/mol. The quantitative estimate of drug-likeness (QED) is 0.765. The smallest absolute Gasteiger partial charge is 0.0233 e. The van der Waals surface area contributed by atoms with Gasteiger partial charge >= 0.3 is 0 Å². The van der Waals surface area contributed by atoms with Crippen LogP contribution in [0.15, 0.2) is 60.7 Å². The molecular formula is C21H29N. The third-order valence-electron chi connectivity index (χ3n) is 4.43. The van der Waals surface area contributed by atoms with E-state index in [2.05, 4.69) is 72.5 Å². The summed E-state index contributed by atoms with van der Waals surface area (Å²) in [4.78, 5) is 2.60. The molecule has 0 N–H and O–H groups in total. The van der Waals surface area contributed by atoms with Gasteiger partial charge in [-0.1, -0.05) is 81.4 Å². The minimum atomic E-state index is 0.791. The molecule has 0 bridgehead atoms. The van der Waals surface area contributed by atoms with Crippen molar-refractivity contribution in [3.05, 3.63) is 71.8 Å². The molecule has 1 aliphatic heterocycles. The van der Waals surface area contributed by atoms with E-state index in [1.165, 1.54) is 30.6 Å². The van der Waals surface area contributed by atoms with E-state index < -0.39 is 0 Å². The Morgan fingerprint density at radius 1 is 0.818 bits per heavy atom. The van der Waals surface area contributed by atoms with Crippen molar-refractivity contribution in [2.45, 2.75) is 33.7 Å². The second-order valence-electron chi connectivity index (χ2n) is 6.11. The van der Waals surface area contributed by atoms with Crippen LogP contribution in [0.1, 0.15) is 31.9 Å². The molecule has 0 amide bonds. The molecule has 1 heterocycles. The van der Waals surface area contributed by atoms with Gasteiger partial charge in [0.05, 0.1) is 0 Å². The van der Waals surface area contributed by atoms with Crippen LogP contribution in [0.2, 0.25) is 0 Å². The van der Waals surface area contributed by atoms with Gasteiger partial charge in [-0.25, -0.2) is 0 Å². The molecule has 1 heteroatoms. The summed E-state index contributed by atoms with van der Waals surface area (Å²) in [5.41, 5.74) is 2.91. The Balaban J connectivity index is 0.000000847. The zero-order chi connectivity index (χ0) is 15.8. The van der Waals surface area contributed by atoms with Crippen LogP contribution in [0, 0.1) is 11.8 Å². The molecular weight excluding hydrogens is 266 g/mol. The van der Waals surface area contributed by atoms with Crippen LogP contribution in [0.5, 0.6) is 0 Å². The molecule has 1 aliphatic rings. The summed E-state index contributed by atoms with van der Waals surface area (Å²) >= 11 is 0. The summed E-state index contributed by atoms with van der Waals surface area (Å²) in [6, 6.07) is 21.7. The Kier molecular flexibility index (Phi) is 6.67. The third-order valence-corrected chi connectivity index (χ3v) is 4.43. The molecule has 2 unspecified atom stereocenters. The van der Waals surface area contributed by atoms with Gasteiger partial charge in [-0.05, 0) is 29.4 Å². The highest BCUT2D eigenvalue weighted by Crippen LogP contribution is 2.27. The molecule has 0 aromatic heterocycles. The summed E-state index contributed by atoms with van der Waals surface area (Å²) in [7, 11) is 0. The van der Waals surface area contributed by atoms with Crippen molar-refractivity contribution in [2.75, 3.05) is 13.1 Å². The fourth-order valence-corrected chi connectivity index (χ4v) is 3.30. The van der Waals surface area contributed by atoms with E-state index in [1.807, 2.05) is 13.8 Å². The first-order valence-corrected chi connectivity index (χ1v) is 8.61. The molecule has 2 aromatic carbocycles. The summed E-state index contributed by atoms with van der Waals surface area (Å²) in [5, 5.41) is 0. The zero-order valence-corrected chi connectivity index (χ0v) is 14.2. The standard InChI is InChI=1S/C19H23N.C2H6/c1-16-13-20(14-18-10-6-3-7-11-18)15-19(16)12-17-8-4-2-5-9-17;1-2/h2-11,16,19H,12-15H2,1H3;1-2H3. The van der Waals surface area contributed by atoms with Gasteiger partial charge in [-0.2, -0.15) is 0 Å². The number of benzene rings is 2. The lowest BCUT2D eigenvalue weighted by Crippen LogP contribution is -2.20. The summed E-state index contributed by atoms with van der Waals surface area (Å²) in [6.45, 7) is 9.95. The Bertz CT molecular complexity index is 520. The Labute approximate surface area is 136 Å². The maximum Gasteiger partial charge on any atom is 0.0233 e. The fraction of sp³-hybridized carbons (Fsp3) is 0.429. The second kappa shape index (κ2) is 8.75. The third kappa shape index (κ3) is 4.71. The lowest BCUT2D eigenvalue weighted by Gasteiger charge is -2.16. The van der Waals surface area contributed by atoms with E-state index in [0.29, 0.717) is 0 Å². The molecule has 3 rings (SSSR count). The van der Waals surface area contributed by atoms with E-state index in [1.54, 1.807) is 0 Å². The number of hydrogen-bond donors (Lipinski definition) is 0. The Morgan fingerprint density at radius 2 is 1.36 bits per heavy atom. The van der Waals surface area contributed by atoms with Crippen LogP contribution in [-0.2, 0) is 13.0 Å². The van der Waals surface area contributed by atoms with Crippen LogP contribution < -0.4 is 0 Å². The van der Waals surface area contributed by atoms with Gasteiger partial charge in [0.25, 0.3) is 0 Å². The van der Waals surface area contributed by atoms with E-state index in [0.717, 1.165) is 18.4 Å². The van der Waals surface area contributed by atoms with Crippen molar-refractivity contribution in [1.29, 1.82) is 0 Å². The van der Waals surface area contributed by atoms with E-state index in [4.69, 9.17) is 0 Å². The number of nitrogens with zero attached hydrogens (tertiary/aromatic N) is 1. The molecule has 22 heavy (non-hydrogen) atoms. The molecule has 118 valence electrons. The van der Waals surface area contributed by atoms with Crippen molar-refractivity contribution in [1.82, 2.24) is 4.90 Å². The maximum atomic E-state index is 2.60. The van der Waals surface area contributed by atoms with Gasteiger partial charge in [0, 0.05) is 19.6 Å². The van der Waals surface area contributed by atoms with Gasteiger partial charge in [-0.3, -0.25) is 4.90 Å². The van der Waals surface area contributed by atoms with Gasteiger partial charge in [0.1, 0.15) is 0 Å². The first-order chi connectivity index (χ1) is 10.8. The van der Waals surface area contributed by atoms with E-state index in [-0.39, 0.29) is 0 Å². The normalized spacial score (nSPS) is 21.2. The second-order valence-corrected chi connectivity index (χ2v) is 6.11. The number of rotatable bonds is 4. The topological polar surface area (TPSA) is 3.24 Å². The molecule has 1 fully saturated rings. The minimum absolute atomic E-state index is 0.791. The van der Waals surface area contributed by atoms with Gasteiger partial charge in [0.2, 0.25) is 0 Å². The molecule has 2 aromatic rings. The molecule has 0 aliphatic carbocycles. The lowest BCUT2D eigenvalue weighted by molar-refractivity contribution is 0.314. The zero-order valence-electron chi connectivity index (χ0n) is 14.2. The van der Waals surface area contributed by atoms with Gasteiger partial charge in [-0.15, -0.1) is 0 Å². The largest absolute Gasteiger partial charge is 0.299 e. The van der Waals surface area contributed by atoms with Crippen LogP contribution in [0.25, 0.3) is 0 Å². The van der Waals surface area contributed by atoms with Crippen molar-refractivity contribution < 1.29 is 0 Å². The Morgan fingerprint density at radius 3 is 1.95 bits per heavy atom. The average molecular weight is 295 g/mol. The first kappa shape index (κ1) is 16.8. The number of hydrogen-bond acceptors (Lipinski definition) is 1.